The molecule has 0 radical (unpaired) electrons. The fourth-order valence-corrected chi connectivity index (χ4v) is 4.16. The maximum Gasteiger partial charge on any atom is 0.261 e. The second kappa shape index (κ2) is 5.36. The lowest BCUT2D eigenvalue weighted by atomic mass is 10.00. The van der Waals surface area contributed by atoms with Crippen molar-refractivity contribution in [2.75, 3.05) is 0 Å². The average Bonchev–Trinajstić information content (AvgIpc) is 3.17. The minimum atomic E-state index is -1.24. The molecule has 0 spiro atoms. The monoisotopic (exact) mass is 415 g/mol. The van der Waals surface area contributed by atoms with Crippen LogP contribution in [-0.4, -0.2) is 26.1 Å². The molecule has 0 N–H and O–H groups in total. The van der Waals surface area contributed by atoms with Crippen molar-refractivity contribution in [2.45, 2.75) is 37.9 Å². The largest absolute Gasteiger partial charge is 0.305 e. The molecule has 0 aromatic carbocycles. The molecule has 2 aromatic heterocycles. The first-order chi connectivity index (χ1) is 12.5. The average molecular weight is 416 g/mol. The number of amides is 2. The quantitative estimate of drug-likeness (QED) is 0.719. The predicted octanol–water partition coefficient (Wildman–Crippen LogP) is 3.57. The molecule has 132 valence electrons. The molecule has 5 rings (SSSR count). The first-order valence-corrected chi connectivity index (χ1v) is 9.38. The fraction of sp³-hybridized carbons (Fsp3) is 0.316. The Morgan fingerprint density at radius 3 is 2.77 bits per heavy atom. The van der Waals surface area contributed by atoms with E-state index in [9.17, 15) is 14.0 Å². The lowest BCUT2D eigenvalue weighted by Crippen LogP contribution is -2.31. The number of fused-ring (bicyclic) bond motifs is 1. The third-order valence-corrected chi connectivity index (χ3v) is 5.82. The molecule has 1 saturated carbocycles. The number of hydrogen-bond acceptors (Lipinski definition) is 3. The van der Waals surface area contributed by atoms with Crippen LogP contribution in [0.25, 0.3) is 5.65 Å². The molecule has 3 heterocycles. The molecular formula is C19H15BrFN3O2. The van der Waals surface area contributed by atoms with Gasteiger partial charge in [0.05, 0.1) is 16.7 Å². The highest BCUT2D eigenvalue weighted by atomic mass is 79.9. The van der Waals surface area contributed by atoms with E-state index in [1.54, 1.807) is 28.9 Å². The van der Waals surface area contributed by atoms with E-state index in [-0.39, 0.29) is 18.4 Å². The Bertz CT molecular complexity index is 1050. The minimum absolute atomic E-state index is 0.114. The summed E-state index contributed by atoms with van der Waals surface area (Å²) in [6.07, 6.45) is 9.60. The van der Waals surface area contributed by atoms with Crippen molar-refractivity contribution >= 4 is 33.4 Å². The maximum atomic E-state index is 14.4. The van der Waals surface area contributed by atoms with Gasteiger partial charge in [-0.1, -0.05) is 12.2 Å². The van der Waals surface area contributed by atoms with Gasteiger partial charge in [-0.05, 0) is 47.7 Å². The van der Waals surface area contributed by atoms with Gasteiger partial charge in [-0.2, -0.15) is 0 Å². The van der Waals surface area contributed by atoms with Gasteiger partial charge in [0.25, 0.3) is 11.8 Å². The molecule has 1 aliphatic heterocycles. The highest BCUT2D eigenvalue weighted by Crippen LogP contribution is 2.50. The third-order valence-electron chi connectivity index (χ3n) is 5.23. The van der Waals surface area contributed by atoms with Gasteiger partial charge in [0, 0.05) is 29.1 Å². The predicted molar refractivity (Wildman–Crippen MR) is 95.9 cm³/mol. The van der Waals surface area contributed by atoms with Gasteiger partial charge in [-0.15, -0.1) is 0 Å². The van der Waals surface area contributed by atoms with E-state index >= 15 is 0 Å². The number of alkyl halides is 1. The lowest BCUT2D eigenvalue weighted by Gasteiger charge is -2.12. The van der Waals surface area contributed by atoms with Crippen molar-refractivity contribution in [1.29, 1.82) is 0 Å². The molecule has 3 aliphatic rings. The summed E-state index contributed by atoms with van der Waals surface area (Å²) in [5, 5.41) is 0. The zero-order valence-electron chi connectivity index (χ0n) is 13.8. The molecule has 2 aliphatic carbocycles. The van der Waals surface area contributed by atoms with Gasteiger partial charge in [-0.25, -0.2) is 9.37 Å². The van der Waals surface area contributed by atoms with Gasteiger partial charge < -0.3 is 4.40 Å². The van der Waals surface area contributed by atoms with Crippen LogP contribution in [0.5, 0.6) is 0 Å². The molecule has 26 heavy (non-hydrogen) atoms. The molecule has 2 aromatic rings. The molecule has 1 fully saturated rings. The molecular weight excluding hydrogens is 401 g/mol. The Labute approximate surface area is 157 Å². The Morgan fingerprint density at radius 1 is 1.23 bits per heavy atom. The highest BCUT2D eigenvalue weighted by Gasteiger charge is 2.45. The Kier molecular flexibility index (Phi) is 3.28. The molecule has 0 bridgehead atoms. The van der Waals surface area contributed by atoms with E-state index in [0.29, 0.717) is 51.8 Å². The normalized spacial score (nSPS) is 21.1. The van der Waals surface area contributed by atoms with Gasteiger partial charge in [0.1, 0.15) is 5.67 Å². The molecule has 0 saturated heterocycles. The van der Waals surface area contributed by atoms with E-state index in [1.165, 1.54) is 4.90 Å². The number of carbonyl (C=O) groups excluding carboxylic acids is 2. The molecule has 0 atom stereocenters. The van der Waals surface area contributed by atoms with Crippen LogP contribution >= 0.6 is 15.9 Å². The smallest absolute Gasteiger partial charge is 0.261 e. The first-order valence-electron chi connectivity index (χ1n) is 8.59. The van der Waals surface area contributed by atoms with Crippen LogP contribution in [0.1, 0.15) is 36.9 Å². The van der Waals surface area contributed by atoms with E-state index in [4.69, 9.17) is 0 Å². The number of hydrogen-bond donors (Lipinski definition) is 0. The van der Waals surface area contributed by atoms with Gasteiger partial charge in [0.2, 0.25) is 0 Å². The number of rotatable bonds is 3. The summed E-state index contributed by atoms with van der Waals surface area (Å²) in [7, 11) is 0. The number of pyridine rings is 1. The maximum absolute atomic E-state index is 14.4. The van der Waals surface area contributed by atoms with Crippen molar-refractivity contribution in [1.82, 2.24) is 14.3 Å². The number of carbonyl (C=O) groups is 2. The Hall–Kier alpha value is -2.28. The van der Waals surface area contributed by atoms with Crippen LogP contribution in [0.15, 0.2) is 46.2 Å². The Morgan fingerprint density at radius 2 is 2.04 bits per heavy atom. The van der Waals surface area contributed by atoms with Gasteiger partial charge >= 0.3 is 0 Å². The second-order valence-corrected chi connectivity index (χ2v) is 7.89. The summed E-state index contributed by atoms with van der Waals surface area (Å²) in [5.74, 6) is -0.495. The number of allylic oxidation sites excluding steroid dienone is 1. The second-order valence-electron chi connectivity index (χ2n) is 7.03. The summed E-state index contributed by atoms with van der Waals surface area (Å²) in [6.45, 7) is 0.114. The van der Waals surface area contributed by atoms with E-state index < -0.39 is 5.67 Å². The van der Waals surface area contributed by atoms with E-state index in [1.807, 2.05) is 6.08 Å². The zero-order chi connectivity index (χ0) is 18.1. The van der Waals surface area contributed by atoms with Crippen molar-refractivity contribution in [3.8, 4) is 0 Å². The van der Waals surface area contributed by atoms with Gasteiger partial charge in [-0.3, -0.25) is 14.5 Å². The van der Waals surface area contributed by atoms with Gasteiger partial charge in [0.15, 0.2) is 5.65 Å². The summed E-state index contributed by atoms with van der Waals surface area (Å²) >= 11 is 3.45. The number of aromatic nitrogens is 2. The van der Waals surface area contributed by atoms with Crippen molar-refractivity contribution in [3.05, 3.63) is 57.5 Å². The van der Waals surface area contributed by atoms with Crippen LogP contribution in [-0.2, 0) is 21.8 Å². The highest BCUT2D eigenvalue weighted by molar-refractivity contribution is 9.10. The summed E-state index contributed by atoms with van der Waals surface area (Å²) in [4.78, 5) is 30.8. The topological polar surface area (TPSA) is 54.7 Å². The van der Waals surface area contributed by atoms with E-state index in [2.05, 4.69) is 20.9 Å². The van der Waals surface area contributed by atoms with Crippen LogP contribution in [0.4, 0.5) is 4.39 Å². The summed E-state index contributed by atoms with van der Waals surface area (Å²) < 4.78 is 16.8. The molecule has 5 nitrogen and oxygen atoms in total. The SMILES string of the molecule is O=C1C2=C(CCC=C2)C(=O)N1Cc1cn2cc(C3(F)CC3)cc(Br)c2n1. The number of nitrogens with zero attached hydrogens (tertiary/aromatic N) is 3. The number of imide groups is 1. The van der Waals surface area contributed by atoms with Crippen molar-refractivity contribution in [2.24, 2.45) is 0 Å². The van der Waals surface area contributed by atoms with E-state index in [0.717, 1.165) is 6.42 Å². The zero-order valence-corrected chi connectivity index (χ0v) is 15.4. The molecule has 7 heteroatoms. The molecule has 2 amide bonds. The third kappa shape index (κ3) is 2.30. The van der Waals surface area contributed by atoms with Crippen molar-refractivity contribution < 1.29 is 14.0 Å². The van der Waals surface area contributed by atoms with Crippen LogP contribution < -0.4 is 0 Å². The minimum Gasteiger partial charge on any atom is -0.305 e. The van der Waals surface area contributed by atoms with Crippen LogP contribution in [0.3, 0.4) is 0 Å². The number of imidazole rings is 1. The number of halogens is 2. The lowest BCUT2D eigenvalue weighted by molar-refractivity contribution is -0.138. The van der Waals surface area contributed by atoms with Crippen LogP contribution in [0.2, 0.25) is 0 Å². The standard InChI is InChI=1S/C19H15BrFN3O2/c20-15-7-11(19(21)5-6-19)8-23-9-12(22-16(15)23)10-24-17(25)13-3-1-2-4-14(13)18(24)26/h1,3,7-9H,2,4-6,10H2. The summed E-state index contributed by atoms with van der Waals surface area (Å²) in [6, 6.07) is 1.76. The molecule has 0 unspecified atom stereocenters. The first kappa shape index (κ1) is 15.9. The Balaban J connectivity index is 1.47. The fourth-order valence-electron chi connectivity index (χ4n) is 3.62. The summed E-state index contributed by atoms with van der Waals surface area (Å²) in [5.41, 5.74) is 1.72. The van der Waals surface area contributed by atoms with Crippen LogP contribution in [0, 0.1) is 0 Å². The van der Waals surface area contributed by atoms with Crippen molar-refractivity contribution in [3.63, 3.8) is 0 Å².